The predicted molar refractivity (Wildman–Crippen MR) is 245 cm³/mol. The molecule has 0 aromatic carbocycles. The number of carbonyl (C=O) groups excluding carboxylic acids is 1. The van der Waals surface area contributed by atoms with E-state index in [-0.39, 0.29) is 45.9 Å². The first-order valence-corrected chi connectivity index (χ1v) is 30.3. The number of aromatic nitrogens is 1. The highest BCUT2D eigenvalue weighted by atomic mass is 35.5. The number of Topliss-reactive ketones (excluding diaryl/α,β-unsaturated/α-hetero) is 1. The highest BCUT2D eigenvalue weighted by molar-refractivity contribution is 7.09. The maximum Gasteiger partial charge on any atom is 0.305 e. The van der Waals surface area contributed by atoms with Crippen LogP contribution in [0.15, 0.2) is 22.1 Å². The predicted octanol–water partition coefficient (Wildman–Crippen LogP) is 12.9. The lowest BCUT2D eigenvalue weighted by atomic mass is 9.73. The number of carboxylic acid groups (broad SMARTS) is 1. The standard InChI is InChI=1S/C43H80ClNO7SSi3/c1-29(24-34-28-53-32(4)45-34)35(50-54(16,17)40(5,6)7)23-22-33(44)27-49-26-30(2)38(52-56(20,21)42(11,12)13)31(3)39(48)43(14,15)36(25-37(46)47)51-55(18,19)41(8,9)10/h22,24,28,30-31,35-36,38H,23,25-27H2,1-21H3,(H,46,47)/b29-24+,33-22-/t30-,31+,35?,36-,38-/m0/s1. The van der Waals surface area contributed by atoms with Crippen molar-refractivity contribution in [1.29, 1.82) is 0 Å². The molecule has 0 fully saturated rings. The van der Waals surface area contributed by atoms with Crippen LogP contribution >= 0.6 is 22.9 Å². The van der Waals surface area contributed by atoms with Gasteiger partial charge in [-0.05, 0) is 86.3 Å². The van der Waals surface area contributed by atoms with Gasteiger partial charge in [0.1, 0.15) is 5.78 Å². The Balaban J connectivity index is 3.37. The van der Waals surface area contributed by atoms with Crippen LogP contribution in [0.25, 0.3) is 6.08 Å². The normalized spacial score (nSPS) is 17.4. The number of aliphatic carboxylic acids is 1. The van der Waals surface area contributed by atoms with Gasteiger partial charge in [0.05, 0.1) is 48.6 Å². The van der Waals surface area contributed by atoms with Gasteiger partial charge in [-0.25, -0.2) is 4.98 Å². The molecule has 8 nitrogen and oxygen atoms in total. The fraction of sp³-hybridized carbons (Fsp3) is 0.791. The molecule has 1 N–H and O–H groups in total. The zero-order valence-corrected chi connectivity index (χ0v) is 43.6. The molecule has 1 heterocycles. The van der Waals surface area contributed by atoms with Crippen molar-refractivity contribution < 1.29 is 32.7 Å². The van der Waals surface area contributed by atoms with E-state index in [1.807, 2.05) is 33.8 Å². The number of nitrogens with zero attached hydrogens (tertiary/aromatic N) is 1. The van der Waals surface area contributed by atoms with Gasteiger partial charge in [0.25, 0.3) is 0 Å². The van der Waals surface area contributed by atoms with E-state index < -0.39 is 54.5 Å². The third-order valence-electron chi connectivity index (χ3n) is 12.7. The highest BCUT2D eigenvalue weighted by Gasteiger charge is 2.50. The smallest absolute Gasteiger partial charge is 0.305 e. The number of rotatable bonds is 21. The summed E-state index contributed by atoms with van der Waals surface area (Å²) in [5.41, 5.74) is 0.957. The summed E-state index contributed by atoms with van der Waals surface area (Å²) >= 11 is 8.47. The molecule has 0 amide bonds. The Hall–Kier alpha value is -0.969. The molecule has 13 heteroatoms. The van der Waals surface area contributed by atoms with Crippen LogP contribution in [0.5, 0.6) is 0 Å². The van der Waals surface area contributed by atoms with E-state index in [2.05, 4.69) is 132 Å². The number of hydrogen-bond acceptors (Lipinski definition) is 8. The summed E-state index contributed by atoms with van der Waals surface area (Å²) in [6.07, 6.45) is 3.04. The second-order valence-corrected chi connectivity index (χ2v) is 36.9. The van der Waals surface area contributed by atoms with E-state index in [9.17, 15) is 14.7 Å². The maximum atomic E-state index is 14.7. The Morgan fingerprint density at radius 1 is 0.857 bits per heavy atom. The first kappa shape index (κ1) is 53.0. The van der Waals surface area contributed by atoms with Crippen LogP contribution in [0.4, 0.5) is 0 Å². The Morgan fingerprint density at radius 2 is 1.34 bits per heavy atom. The van der Waals surface area contributed by atoms with Crippen molar-refractivity contribution in [2.24, 2.45) is 17.3 Å². The van der Waals surface area contributed by atoms with Gasteiger partial charge in [0.2, 0.25) is 0 Å². The van der Waals surface area contributed by atoms with Crippen molar-refractivity contribution in [2.45, 2.75) is 189 Å². The van der Waals surface area contributed by atoms with Crippen LogP contribution < -0.4 is 0 Å². The Labute approximate surface area is 354 Å². The van der Waals surface area contributed by atoms with E-state index in [1.54, 1.807) is 11.3 Å². The monoisotopic (exact) mass is 873 g/mol. The molecule has 56 heavy (non-hydrogen) atoms. The second kappa shape index (κ2) is 20.1. The Morgan fingerprint density at radius 3 is 1.79 bits per heavy atom. The third-order valence-corrected chi connectivity index (χ3v) is 27.2. The molecule has 0 spiro atoms. The molecule has 1 aromatic heterocycles. The summed E-state index contributed by atoms with van der Waals surface area (Å²) in [4.78, 5) is 31.4. The lowest BCUT2D eigenvalue weighted by molar-refractivity contribution is -0.146. The van der Waals surface area contributed by atoms with E-state index in [1.165, 1.54) is 0 Å². The number of halogens is 1. The summed E-state index contributed by atoms with van der Waals surface area (Å²) in [5.74, 6) is -1.77. The lowest BCUT2D eigenvalue weighted by Gasteiger charge is -2.46. The lowest BCUT2D eigenvalue weighted by Crippen LogP contribution is -2.54. The number of aryl methyl sites for hydroxylation is 1. The van der Waals surface area contributed by atoms with E-state index in [0.29, 0.717) is 18.1 Å². The van der Waals surface area contributed by atoms with Gasteiger partial charge in [-0.1, -0.05) is 108 Å². The molecular weight excluding hydrogens is 794 g/mol. The largest absolute Gasteiger partial charge is 0.481 e. The molecule has 0 aliphatic rings. The third kappa shape index (κ3) is 15.2. The van der Waals surface area contributed by atoms with Crippen molar-refractivity contribution in [2.75, 3.05) is 13.2 Å². The Bertz CT molecular complexity index is 1520. The van der Waals surface area contributed by atoms with Crippen molar-refractivity contribution in [3.63, 3.8) is 0 Å². The number of thiazole rings is 1. The molecular formula is C43H80ClNO7SSi3. The number of carboxylic acids is 1. The van der Waals surface area contributed by atoms with E-state index in [4.69, 9.17) is 29.6 Å². The first-order chi connectivity index (χ1) is 25.0. The van der Waals surface area contributed by atoms with Crippen LogP contribution in [-0.2, 0) is 27.6 Å². The summed E-state index contributed by atoms with van der Waals surface area (Å²) in [6.45, 7) is 45.0. The Kier molecular flexibility index (Phi) is 19.0. The van der Waals surface area contributed by atoms with Gasteiger partial charge in [-0.2, -0.15) is 0 Å². The van der Waals surface area contributed by atoms with Crippen LogP contribution in [0, 0.1) is 24.2 Å². The van der Waals surface area contributed by atoms with Gasteiger partial charge < -0.3 is 23.1 Å². The molecule has 5 atom stereocenters. The van der Waals surface area contributed by atoms with Gasteiger partial charge in [0, 0.05) is 27.7 Å². The number of ketones is 1. The van der Waals surface area contributed by atoms with Crippen LogP contribution in [-0.4, -0.2) is 78.3 Å². The molecule has 324 valence electrons. The molecule has 0 aliphatic heterocycles. The number of carbonyl (C=O) groups is 2. The molecule has 0 aliphatic carbocycles. The summed E-state index contributed by atoms with van der Waals surface area (Å²) < 4.78 is 27.0. The highest BCUT2D eigenvalue weighted by Crippen LogP contribution is 2.44. The van der Waals surface area contributed by atoms with Crippen LogP contribution in [0.1, 0.15) is 120 Å². The van der Waals surface area contributed by atoms with Gasteiger partial charge in [0.15, 0.2) is 25.0 Å². The van der Waals surface area contributed by atoms with E-state index >= 15 is 0 Å². The zero-order chi connectivity index (χ0) is 44.0. The number of ether oxygens (including phenoxy) is 1. The summed E-state index contributed by atoms with van der Waals surface area (Å²) in [7, 11) is -6.88. The average molecular weight is 875 g/mol. The topological polar surface area (TPSA) is 104 Å². The molecule has 0 radical (unpaired) electrons. The average Bonchev–Trinajstić information content (AvgIpc) is 3.42. The van der Waals surface area contributed by atoms with Gasteiger partial charge in [-0.3, -0.25) is 9.59 Å². The van der Waals surface area contributed by atoms with Crippen LogP contribution in [0.3, 0.4) is 0 Å². The minimum Gasteiger partial charge on any atom is -0.481 e. The molecule has 1 rings (SSSR count). The summed E-state index contributed by atoms with van der Waals surface area (Å²) in [5, 5.41) is 13.4. The SMILES string of the molecule is C/C(=C\c1csc(C)n1)C(C/C=C(\Cl)COC[C@H](C)[C@H](O[Si](C)(C)C(C)(C)C)[C@@H](C)C(=O)C(C)(C)[C@H](CC(=O)O)O[Si](C)(C)C(C)(C)C)O[Si](C)(C)C(C)(C)C. The zero-order valence-electron chi connectivity index (χ0n) is 39.1. The fourth-order valence-corrected chi connectivity index (χ4v) is 10.6. The molecule has 0 bridgehead atoms. The number of hydrogen-bond donors (Lipinski definition) is 1. The minimum absolute atomic E-state index is 0.0429. The van der Waals surface area contributed by atoms with Crippen molar-refractivity contribution >= 4 is 65.7 Å². The molecule has 1 aromatic rings. The van der Waals surface area contributed by atoms with E-state index in [0.717, 1.165) is 16.3 Å². The minimum atomic E-state index is -2.41. The quantitative estimate of drug-likeness (QED) is 0.122. The molecule has 1 unspecified atom stereocenters. The fourth-order valence-electron chi connectivity index (χ4n) is 5.62. The van der Waals surface area contributed by atoms with Crippen LogP contribution in [0.2, 0.25) is 54.4 Å². The summed E-state index contributed by atoms with van der Waals surface area (Å²) in [6, 6.07) is 0. The second-order valence-electron chi connectivity index (χ2n) is 21.1. The van der Waals surface area contributed by atoms with Crippen molar-refractivity contribution in [3.8, 4) is 0 Å². The van der Waals surface area contributed by atoms with Gasteiger partial charge >= 0.3 is 5.97 Å². The maximum absolute atomic E-state index is 14.7. The molecule has 0 saturated carbocycles. The first-order valence-electron chi connectivity index (χ1n) is 20.3. The van der Waals surface area contributed by atoms with Crippen molar-refractivity contribution in [1.82, 2.24) is 4.98 Å². The molecule has 0 saturated heterocycles. The van der Waals surface area contributed by atoms with Gasteiger partial charge in [-0.15, -0.1) is 11.3 Å². The van der Waals surface area contributed by atoms with Crippen molar-refractivity contribution in [3.05, 3.63) is 32.8 Å².